The van der Waals surface area contributed by atoms with Gasteiger partial charge < -0.3 is 5.41 Å². The van der Waals surface area contributed by atoms with Gasteiger partial charge >= 0.3 is 0 Å². The third kappa shape index (κ3) is 3.51. The Hall–Kier alpha value is -0.500. The second-order valence-corrected chi connectivity index (χ2v) is 2.97. The average molecular weight is 155 g/mol. The van der Waals surface area contributed by atoms with E-state index in [0.29, 0.717) is 5.92 Å². The second kappa shape index (κ2) is 5.30. The molecular weight excluding hydrogens is 142 g/mol. The van der Waals surface area contributed by atoms with E-state index in [0.717, 1.165) is 0 Å². The van der Waals surface area contributed by atoms with E-state index >= 15 is 0 Å². The summed E-state index contributed by atoms with van der Waals surface area (Å²) in [5.74, 6) is 0.505. The molecule has 0 radical (unpaired) electrons. The molecule has 0 amide bonds. The van der Waals surface area contributed by atoms with Crippen LogP contribution in [0.2, 0.25) is 0 Å². The van der Waals surface area contributed by atoms with Crippen LogP contribution in [0.3, 0.4) is 0 Å². The third-order valence-corrected chi connectivity index (χ3v) is 1.72. The quantitative estimate of drug-likeness (QED) is 0.376. The van der Waals surface area contributed by atoms with Crippen LogP contribution in [0.5, 0.6) is 0 Å². The average Bonchev–Trinajstić information content (AvgIpc) is 1.89. The molecule has 2 heteroatoms. The van der Waals surface area contributed by atoms with E-state index in [4.69, 9.17) is 5.41 Å². The molecule has 0 fully saturated rings. The third-order valence-electron chi connectivity index (χ3n) is 1.17. The molecule has 0 saturated heterocycles. The van der Waals surface area contributed by atoms with Crippen molar-refractivity contribution >= 4 is 17.3 Å². The van der Waals surface area contributed by atoms with Crippen LogP contribution in [0.4, 0.5) is 0 Å². The van der Waals surface area contributed by atoms with E-state index in [2.05, 4.69) is 20.4 Å². The van der Waals surface area contributed by atoms with Crippen molar-refractivity contribution in [3.63, 3.8) is 0 Å². The van der Waals surface area contributed by atoms with Gasteiger partial charge in [-0.1, -0.05) is 38.3 Å². The minimum atomic E-state index is 0.505. The van der Waals surface area contributed by atoms with Crippen LogP contribution in [0.15, 0.2) is 23.6 Å². The lowest BCUT2D eigenvalue weighted by Crippen LogP contribution is -1.87. The summed E-state index contributed by atoms with van der Waals surface area (Å²) in [4.78, 5) is 0. The largest absolute Gasteiger partial charge is 0.302 e. The Bertz CT molecular complexity index is 147. The molecule has 0 rings (SSSR count). The van der Waals surface area contributed by atoms with E-state index in [1.165, 1.54) is 22.9 Å². The van der Waals surface area contributed by atoms with E-state index in [1.807, 2.05) is 11.5 Å². The van der Waals surface area contributed by atoms with Crippen LogP contribution in [0.25, 0.3) is 0 Å². The number of nitrogens with one attached hydrogen (secondary N) is 1. The summed E-state index contributed by atoms with van der Waals surface area (Å²) in [7, 11) is 0. The van der Waals surface area contributed by atoms with Crippen molar-refractivity contribution in [2.45, 2.75) is 13.8 Å². The molecule has 0 aromatic carbocycles. The highest BCUT2D eigenvalue weighted by atomic mass is 32.2. The van der Waals surface area contributed by atoms with E-state index < -0.39 is 0 Å². The molecular formula is C8H13NS. The second-order valence-electron chi connectivity index (χ2n) is 2.23. The van der Waals surface area contributed by atoms with Crippen LogP contribution in [0.1, 0.15) is 13.8 Å². The van der Waals surface area contributed by atoms with Gasteiger partial charge in [-0.15, -0.1) is 0 Å². The van der Waals surface area contributed by atoms with Crippen molar-refractivity contribution in [2.24, 2.45) is 5.92 Å². The lowest BCUT2D eigenvalue weighted by molar-refractivity contribution is 0.794. The summed E-state index contributed by atoms with van der Waals surface area (Å²) in [6, 6.07) is 0. The van der Waals surface area contributed by atoms with Crippen molar-refractivity contribution in [3.05, 3.63) is 23.6 Å². The van der Waals surface area contributed by atoms with E-state index in [9.17, 15) is 0 Å². The number of thioether (sulfide) groups is 1. The molecule has 0 heterocycles. The van der Waals surface area contributed by atoms with Crippen LogP contribution in [-0.4, -0.2) is 5.55 Å². The standard InChI is InChI=1S/C8H13NS/c1-4-8(7(2)3)5-10-6-9/h4-7,9H,1H2,2-3H3/b8-5+,9-6?. The van der Waals surface area contributed by atoms with E-state index in [1.54, 1.807) is 0 Å². The summed E-state index contributed by atoms with van der Waals surface area (Å²) < 4.78 is 0. The highest BCUT2D eigenvalue weighted by molar-refractivity contribution is 8.14. The van der Waals surface area contributed by atoms with Crippen molar-refractivity contribution in [1.29, 1.82) is 5.41 Å². The number of rotatable bonds is 4. The van der Waals surface area contributed by atoms with Gasteiger partial charge in [0.25, 0.3) is 0 Å². The number of hydrogen-bond acceptors (Lipinski definition) is 2. The molecule has 1 nitrogen and oxygen atoms in total. The number of hydrogen-bond donors (Lipinski definition) is 1. The Kier molecular flexibility index (Phi) is 5.03. The molecule has 56 valence electrons. The van der Waals surface area contributed by atoms with Gasteiger partial charge in [0.05, 0.1) is 5.55 Å². The van der Waals surface area contributed by atoms with Crippen LogP contribution < -0.4 is 0 Å². The predicted octanol–water partition coefficient (Wildman–Crippen LogP) is 3.05. The zero-order valence-electron chi connectivity index (χ0n) is 6.42. The fourth-order valence-corrected chi connectivity index (χ4v) is 1.13. The van der Waals surface area contributed by atoms with Gasteiger partial charge in [-0.2, -0.15) is 0 Å². The summed E-state index contributed by atoms with van der Waals surface area (Å²) in [6.07, 6.45) is 1.83. The van der Waals surface area contributed by atoms with Gasteiger partial charge in [-0.05, 0) is 16.9 Å². The Labute approximate surface area is 66.7 Å². The maximum absolute atomic E-state index is 6.77. The molecule has 0 aliphatic carbocycles. The maximum Gasteiger partial charge on any atom is 0.0548 e. The van der Waals surface area contributed by atoms with Crippen molar-refractivity contribution in [3.8, 4) is 0 Å². The smallest absolute Gasteiger partial charge is 0.0548 e. The van der Waals surface area contributed by atoms with Crippen LogP contribution >= 0.6 is 11.8 Å². The van der Waals surface area contributed by atoms with Gasteiger partial charge in [0.2, 0.25) is 0 Å². The lowest BCUT2D eigenvalue weighted by atomic mass is 10.1. The first kappa shape index (κ1) is 9.50. The molecule has 0 saturated carbocycles. The molecule has 0 unspecified atom stereocenters. The fraction of sp³-hybridized carbons (Fsp3) is 0.375. The van der Waals surface area contributed by atoms with Gasteiger partial charge in [0.1, 0.15) is 0 Å². The SMILES string of the molecule is C=C/C(=C\SC=N)C(C)C. The summed E-state index contributed by atoms with van der Waals surface area (Å²) in [5.41, 5.74) is 2.50. The molecule has 1 N–H and O–H groups in total. The molecule has 10 heavy (non-hydrogen) atoms. The normalized spacial score (nSPS) is 11.7. The zero-order chi connectivity index (χ0) is 7.98. The molecule has 0 atom stereocenters. The fourth-order valence-electron chi connectivity index (χ4n) is 0.532. The zero-order valence-corrected chi connectivity index (χ0v) is 7.24. The molecule has 0 spiro atoms. The minimum absolute atomic E-state index is 0.505. The monoisotopic (exact) mass is 155 g/mol. The van der Waals surface area contributed by atoms with Gasteiger partial charge in [0, 0.05) is 0 Å². The molecule has 0 aromatic heterocycles. The predicted molar refractivity (Wildman–Crippen MR) is 49.5 cm³/mol. The van der Waals surface area contributed by atoms with Crippen molar-refractivity contribution in [1.82, 2.24) is 0 Å². The molecule has 0 bridgehead atoms. The van der Waals surface area contributed by atoms with E-state index in [-0.39, 0.29) is 0 Å². The Morgan fingerprint density at radius 1 is 1.60 bits per heavy atom. The molecule has 0 aliphatic rings. The number of allylic oxidation sites excluding steroid dienone is 2. The lowest BCUT2D eigenvalue weighted by Gasteiger charge is -2.03. The highest BCUT2D eigenvalue weighted by Crippen LogP contribution is 2.13. The first-order chi connectivity index (χ1) is 4.72. The summed E-state index contributed by atoms with van der Waals surface area (Å²) >= 11 is 1.38. The van der Waals surface area contributed by atoms with Gasteiger partial charge in [0.15, 0.2) is 0 Å². The Morgan fingerprint density at radius 2 is 2.20 bits per heavy atom. The Balaban J connectivity index is 4.03. The Morgan fingerprint density at radius 3 is 2.50 bits per heavy atom. The summed E-state index contributed by atoms with van der Waals surface area (Å²) in [6.45, 7) is 7.90. The van der Waals surface area contributed by atoms with Gasteiger partial charge in [-0.3, -0.25) is 0 Å². The van der Waals surface area contributed by atoms with Crippen molar-refractivity contribution in [2.75, 3.05) is 0 Å². The topological polar surface area (TPSA) is 23.9 Å². The maximum atomic E-state index is 6.77. The van der Waals surface area contributed by atoms with Crippen molar-refractivity contribution < 1.29 is 0 Å². The molecule has 0 aliphatic heterocycles. The van der Waals surface area contributed by atoms with Crippen LogP contribution in [0, 0.1) is 11.3 Å². The first-order valence-corrected chi connectivity index (χ1v) is 4.13. The summed E-state index contributed by atoms with van der Waals surface area (Å²) in [5, 5.41) is 8.72. The van der Waals surface area contributed by atoms with Crippen LogP contribution in [-0.2, 0) is 0 Å². The first-order valence-electron chi connectivity index (χ1n) is 3.19. The van der Waals surface area contributed by atoms with Gasteiger partial charge in [-0.25, -0.2) is 0 Å². The minimum Gasteiger partial charge on any atom is -0.302 e. The molecule has 0 aromatic rings. The highest BCUT2D eigenvalue weighted by Gasteiger charge is 1.95.